The smallest absolute Gasteiger partial charge is 0.0439 e. The zero-order chi connectivity index (χ0) is 14.6. The van der Waals surface area contributed by atoms with E-state index in [2.05, 4.69) is 19.1 Å². The number of halogens is 2. The molecule has 2 rings (SSSR count). The van der Waals surface area contributed by atoms with Crippen molar-refractivity contribution in [1.29, 1.82) is 0 Å². The standard InChI is InChI=1S/C17H19Cl2N/c1-2-17(20,11-13-6-4-3-5-7-13)12-14-10-15(18)8-9-16(14)19/h3-10H,2,11-12,20H2,1H3. The van der Waals surface area contributed by atoms with Crippen molar-refractivity contribution in [3.63, 3.8) is 0 Å². The Labute approximate surface area is 130 Å². The largest absolute Gasteiger partial charge is 0.325 e. The Balaban J connectivity index is 2.20. The van der Waals surface area contributed by atoms with Gasteiger partial charge in [-0.15, -0.1) is 0 Å². The summed E-state index contributed by atoms with van der Waals surface area (Å²) in [5, 5.41) is 1.42. The molecule has 2 aromatic rings. The van der Waals surface area contributed by atoms with Gasteiger partial charge in [-0.3, -0.25) is 0 Å². The van der Waals surface area contributed by atoms with Crippen LogP contribution in [0.4, 0.5) is 0 Å². The van der Waals surface area contributed by atoms with Crippen LogP contribution in [0.15, 0.2) is 48.5 Å². The fraction of sp³-hybridized carbons (Fsp3) is 0.294. The molecule has 0 aliphatic heterocycles. The molecule has 0 saturated heterocycles. The third-order valence-electron chi connectivity index (χ3n) is 3.65. The monoisotopic (exact) mass is 307 g/mol. The first-order chi connectivity index (χ1) is 9.52. The van der Waals surface area contributed by atoms with Crippen LogP contribution in [0.2, 0.25) is 10.0 Å². The topological polar surface area (TPSA) is 26.0 Å². The summed E-state index contributed by atoms with van der Waals surface area (Å²) in [6.07, 6.45) is 2.43. The highest BCUT2D eigenvalue weighted by atomic mass is 35.5. The van der Waals surface area contributed by atoms with E-state index in [0.29, 0.717) is 5.02 Å². The Morgan fingerprint density at radius 1 is 1.00 bits per heavy atom. The van der Waals surface area contributed by atoms with Crippen molar-refractivity contribution in [2.75, 3.05) is 0 Å². The molecule has 0 aromatic heterocycles. The molecule has 0 bridgehead atoms. The second kappa shape index (κ2) is 6.62. The van der Waals surface area contributed by atoms with Crippen LogP contribution < -0.4 is 5.73 Å². The number of nitrogens with two attached hydrogens (primary N) is 1. The van der Waals surface area contributed by atoms with Gasteiger partial charge in [-0.1, -0.05) is 60.5 Å². The first kappa shape index (κ1) is 15.4. The van der Waals surface area contributed by atoms with Gasteiger partial charge in [0.1, 0.15) is 0 Å². The van der Waals surface area contributed by atoms with Crippen LogP contribution in [0, 0.1) is 0 Å². The summed E-state index contributed by atoms with van der Waals surface area (Å²) >= 11 is 12.3. The number of hydrogen-bond acceptors (Lipinski definition) is 1. The second-order valence-corrected chi connectivity index (χ2v) is 6.13. The predicted octanol–water partition coefficient (Wildman–Crippen LogP) is 4.89. The van der Waals surface area contributed by atoms with Crippen molar-refractivity contribution < 1.29 is 0 Å². The minimum Gasteiger partial charge on any atom is -0.325 e. The zero-order valence-corrected chi connectivity index (χ0v) is 13.1. The maximum absolute atomic E-state index is 6.58. The van der Waals surface area contributed by atoms with Crippen LogP contribution in [0.1, 0.15) is 24.5 Å². The summed E-state index contributed by atoms with van der Waals surface area (Å²) in [7, 11) is 0. The Kier molecular flexibility index (Phi) is 5.09. The molecule has 0 radical (unpaired) electrons. The Morgan fingerprint density at radius 3 is 2.35 bits per heavy atom. The van der Waals surface area contributed by atoms with Gasteiger partial charge in [-0.2, -0.15) is 0 Å². The molecule has 0 amide bonds. The molecular weight excluding hydrogens is 289 g/mol. The molecule has 0 fully saturated rings. The summed E-state index contributed by atoms with van der Waals surface area (Å²) in [6.45, 7) is 2.11. The van der Waals surface area contributed by atoms with Gasteiger partial charge in [0, 0.05) is 15.6 Å². The predicted molar refractivity (Wildman–Crippen MR) is 87.5 cm³/mol. The maximum atomic E-state index is 6.58. The van der Waals surface area contributed by atoms with Gasteiger partial charge in [-0.25, -0.2) is 0 Å². The normalized spacial score (nSPS) is 14.0. The van der Waals surface area contributed by atoms with E-state index in [0.717, 1.165) is 29.8 Å². The van der Waals surface area contributed by atoms with Crippen molar-refractivity contribution in [1.82, 2.24) is 0 Å². The van der Waals surface area contributed by atoms with Crippen LogP contribution in [0.5, 0.6) is 0 Å². The molecule has 3 heteroatoms. The van der Waals surface area contributed by atoms with Crippen LogP contribution in [-0.2, 0) is 12.8 Å². The maximum Gasteiger partial charge on any atom is 0.0439 e. The molecule has 1 nitrogen and oxygen atoms in total. The van der Waals surface area contributed by atoms with Crippen LogP contribution in [0.3, 0.4) is 0 Å². The van der Waals surface area contributed by atoms with Crippen molar-refractivity contribution in [2.45, 2.75) is 31.7 Å². The van der Waals surface area contributed by atoms with Gasteiger partial charge in [0.05, 0.1) is 0 Å². The van der Waals surface area contributed by atoms with E-state index in [1.165, 1.54) is 5.56 Å². The molecule has 0 spiro atoms. The van der Waals surface area contributed by atoms with E-state index in [9.17, 15) is 0 Å². The first-order valence-corrected chi connectivity index (χ1v) is 7.55. The molecule has 0 aliphatic rings. The third-order valence-corrected chi connectivity index (χ3v) is 4.26. The number of benzene rings is 2. The van der Waals surface area contributed by atoms with E-state index < -0.39 is 0 Å². The van der Waals surface area contributed by atoms with Crippen LogP contribution >= 0.6 is 23.2 Å². The highest BCUT2D eigenvalue weighted by molar-refractivity contribution is 6.33. The van der Waals surface area contributed by atoms with E-state index in [-0.39, 0.29) is 5.54 Å². The van der Waals surface area contributed by atoms with Gasteiger partial charge in [0.2, 0.25) is 0 Å². The summed E-state index contributed by atoms with van der Waals surface area (Å²) in [6, 6.07) is 15.9. The van der Waals surface area contributed by atoms with Crippen LogP contribution in [0.25, 0.3) is 0 Å². The molecule has 2 N–H and O–H groups in total. The molecule has 106 valence electrons. The van der Waals surface area contributed by atoms with Crippen molar-refractivity contribution in [3.05, 3.63) is 69.7 Å². The Bertz CT molecular complexity index is 568. The second-order valence-electron chi connectivity index (χ2n) is 5.29. The Hall–Kier alpha value is -1.02. The zero-order valence-electron chi connectivity index (χ0n) is 11.6. The van der Waals surface area contributed by atoms with Crippen molar-refractivity contribution in [3.8, 4) is 0 Å². The number of hydrogen-bond donors (Lipinski definition) is 1. The average molecular weight is 308 g/mol. The summed E-state index contributed by atoms with van der Waals surface area (Å²) in [5.41, 5.74) is 8.53. The first-order valence-electron chi connectivity index (χ1n) is 6.79. The van der Waals surface area contributed by atoms with Crippen LogP contribution in [-0.4, -0.2) is 5.54 Å². The summed E-state index contributed by atoms with van der Waals surface area (Å²) in [4.78, 5) is 0. The molecule has 1 unspecified atom stereocenters. The lowest BCUT2D eigenvalue weighted by Crippen LogP contribution is -2.43. The molecule has 0 heterocycles. The Morgan fingerprint density at radius 2 is 1.70 bits per heavy atom. The summed E-state index contributed by atoms with van der Waals surface area (Å²) in [5.74, 6) is 0. The highest BCUT2D eigenvalue weighted by Gasteiger charge is 2.24. The summed E-state index contributed by atoms with van der Waals surface area (Å²) < 4.78 is 0. The molecule has 1 atom stereocenters. The molecular formula is C17H19Cl2N. The van der Waals surface area contributed by atoms with E-state index >= 15 is 0 Å². The SMILES string of the molecule is CCC(N)(Cc1ccccc1)Cc1cc(Cl)ccc1Cl. The average Bonchev–Trinajstić information content (AvgIpc) is 2.44. The lowest BCUT2D eigenvalue weighted by atomic mass is 9.83. The van der Waals surface area contributed by atoms with E-state index in [1.54, 1.807) is 6.07 Å². The van der Waals surface area contributed by atoms with Gasteiger partial charge < -0.3 is 5.73 Å². The fourth-order valence-electron chi connectivity index (χ4n) is 2.37. The van der Waals surface area contributed by atoms with E-state index in [4.69, 9.17) is 28.9 Å². The lowest BCUT2D eigenvalue weighted by molar-refractivity contribution is 0.404. The van der Waals surface area contributed by atoms with Crippen molar-refractivity contribution in [2.24, 2.45) is 5.73 Å². The van der Waals surface area contributed by atoms with Crippen molar-refractivity contribution >= 4 is 23.2 Å². The molecule has 2 aromatic carbocycles. The highest BCUT2D eigenvalue weighted by Crippen LogP contribution is 2.27. The fourth-order valence-corrected chi connectivity index (χ4v) is 2.75. The van der Waals surface area contributed by atoms with Gasteiger partial charge in [0.15, 0.2) is 0 Å². The molecule has 0 aliphatic carbocycles. The number of rotatable bonds is 5. The van der Waals surface area contributed by atoms with E-state index in [1.807, 2.05) is 30.3 Å². The van der Waals surface area contributed by atoms with Gasteiger partial charge in [0.25, 0.3) is 0 Å². The minimum absolute atomic E-state index is 0.310. The quantitative estimate of drug-likeness (QED) is 0.836. The van der Waals surface area contributed by atoms with Gasteiger partial charge >= 0.3 is 0 Å². The molecule has 0 saturated carbocycles. The minimum atomic E-state index is -0.310. The lowest BCUT2D eigenvalue weighted by Gasteiger charge is -2.29. The molecule has 20 heavy (non-hydrogen) atoms. The third kappa shape index (κ3) is 3.99. The van der Waals surface area contributed by atoms with Gasteiger partial charge in [-0.05, 0) is 48.6 Å².